The lowest BCUT2D eigenvalue weighted by Crippen LogP contribution is -2.37. The SMILES string of the molecule is COc1cc(-c2ccc3c(O)n(-c4ccc(N5CCC(OC)CC5)nc4)cc3n2)cnc1OC. The number of aromatic hydroxyl groups is 1. The smallest absolute Gasteiger partial charge is 0.256 e. The standard InChI is InChI=1S/C25H27N5O4/c1-32-18-8-10-29(11-9-18)23-7-4-17(14-26-23)30-15-21-19(25(30)31)5-6-20(28-21)16-12-22(33-2)24(34-3)27-13-16/h4-7,12-15,18,31H,8-11H2,1-3H3. The lowest BCUT2D eigenvalue weighted by molar-refractivity contribution is 0.0818. The van der Waals surface area contributed by atoms with Crippen LogP contribution in [0.2, 0.25) is 0 Å². The van der Waals surface area contributed by atoms with Crippen molar-refractivity contribution in [1.29, 1.82) is 0 Å². The van der Waals surface area contributed by atoms with E-state index in [0.717, 1.165) is 43.0 Å². The predicted molar refractivity (Wildman–Crippen MR) is 129 cm³/mol. The number of piperidine rings is 1. The Labute approximate surface area is 197 Å². The third-order valence-corrected chi connectivity index (χ3v) is 6.28. The Balaban J connectivity index is 1.42. The molecule has 5 heterocycles. The average molecular weight is 462 g/mol. The highest BCUT2D eigenvalue weighted by molar-refractivity contribution is 5.87. The van der Waals surface area contributed by atoms with E-state index in [1.807, 2.05) is 36.5 Å². The molecular formula is C25H27N5O4. The zero-order chi connectivity index (χ0) is 23.7. The van der Waals surface area contributed by atoms with Crippen molar-refractivity contribution in [1.82, 2.24) is 19.5 Å². The number of methoxy groups -OCH3 is 3. The molecule has 0 bridgehead atoms. The fourth-order valence-electron chi connectivity index (χ4n) is 4.33. The molecule has 176 valence electrons. The van der Waals surface area contributed by atoms with E-state index in [-0.39, 0.29) is 5.88 Å². The number of fused-ring (bicyclic) bond motifs is 1. The Morgan fingerprint density at radius 2 is 1.79 bits per heavy atom. The van der Waals surface area contributed by atoms with Gasteiger partial charge in [-0.15, -0.1) is 0 Å². The molecule has 34 heavy (non-hydrogen) atoms. The van der Waals surface area contributed by atoms with Gasteiger partial charge in [0.05, 0.1) is 48.8 Å². The van der Waals surface area contributed by atoms with Gasteiger partial charge in [-0.3, -0.25) is 4.57 Å². The highest BCUT2D eigenvalue weighted by Crippen LogP contribution is 2.33. The summed E-state index contributed by atoms with van der Waals surface area (Å²) in [5.41, 5.74) is 2.93. The van der Waals surface area contributed by atoms with Gasteiger partial charge in [0.1, 0.15) is 5.82 Å². The van der Waals surface area contributed by atoms with Crippen LogP contribution in [-0.2, 0) is 4.74 Å². The molecule has 0 aliphatic carbocycles. The van der Waals surface area contributed by atoms with Gasteiger partial charge in [-0.1, -0.05) is 0 Å². The second-order valence-electron chi connectivity index (χ2n) is 8.18. The molecule has 1 aliphatic rings. The quantitative estimate of drug-likeness (QED) is 0.463. The molecule has 1 saturated heterocycles. The Hall–Kier alpha value is -3.85. The summed E-state index contributed by atoms with van der Waals surface area (Å²) >= 11 is 0. The lowest BCUT2D eigenvalue weighted by Gasteiger charge is -2.32. The first-order chi connectivity index (χ1) is 16.6. The molecule has 4 aromatic rings. The van der Waals surface area contributed by atoms with Crippen molar-refractivity contribution in [2.75, 3.05) is 39.3 Å². The maximum Gasteiger partial charge on any atom is 0.256 e. The van der Waals surface area contributed by atoms with Gasteiger partial charge in [0.15, 0.2) is 5.75 Å². The van der Waals surface area contributed by atoms with Crippen molar-refractivity contribution in [3.63, 3.8) is 0 Å². The van der Waals surface area contributed by atoms with Crippen LogP contribution < -0.4 is 14.4 Å². The predicted octanol–water partition coefficient (Wildman–Crippen LogP) is 3.82. The monoisotopic (exact) mass is 461 g/mol. The fourth-order valence-corrected chi connectivity index (χ4v) is 4.33. The molecule has 0 unspecified atom stereocenters. The largest absolute Gasteiger partial charge is 0.494 e. The summed E-state index contributed by atoms with van der Waals surface area (Å²) in [6.07, 6.45) is 7.58. The summed E-state index contributed by atoms with van der Waals surface area (Å²) in [4.78, 5) is 15.9. The van der Waals surface area contributed by atoms with Crippen molar-refractivity contribution >= 4 is 16.7 Å². The zero-order valence-corrected chi connectivity index (χ0v) is 19.4. The van der Waals surface area contributed by atoms with Crippen molar-refractivity contribution in [3.8, 4) is 34.5 Å². The van der Waals surface area contributed by atoms with Crippen LogP contribution in [0.5, 0.6) is 17.5 Å². The molecule has 0 amide bonds. The second-order valence-corrected chi connectivity index (χ2v) is 8.18. The minimum absolute atomic E-state index is 0.120. The number of rotatable bonds is 6. The molecule has 0 atom stereocenters. The number of ether oxygens (including phenoxy) is 3. The number of pyridine rings is 3. The summed E-state index contributed by atoms with van der Waals surface area (Å²) in [5.74, 6) is 1.99. The molecule has 0 saturated carbocycles. The van der Waals surface area contributed by atoms with Crippen LogP contribution >= 0.6 is 0 Å². The van der Waals surface area contributed by atoms with Crippen LogP contribution in [0.3, 0.4) is 0 Å². The number of aromatic nitrogens is 4. The average Bonchev–Trinajstić information content (AvgIpc) is 3.24. The van der Waals surface area contributed by atoms with Crippen molar-refractivity contribution < 1.29 is 19.3 Å². The van der Waals surface area contributed by atoms with E-state index < -0.39 is 0 Å². The summed E-state index contributed by atoms with van der Waals surface area (Å²) < 4.78 is 17.7. The van der Waals surface area contributed by atoms with Crippen LogP contribution in [-0.4, -0.2) is 65.1 Å². The van der Waals surface area contributed by atoms with Crippen LogP contribution in [0.1, 0.15) is 12.8 Å². The van der Waals surface area contributed by atoms with Crippen LogP contribution in [0.15, 0.2) is 48.9 Å². The maximum absolute atomic E-state index is 10.9. The van der Waals surface area contributed by atoms with Gasteiger partial charge in [-0.2, -0.15) is 0 Å². The molecule has 9 nitrogen and oxygen atoms in total. The topological polar surface area (TPSA) is 94.8 Å². The lowest BCUT2D eigenvalue weighted by atomic mass is 10.1. The molecule has 0 radical (unpaired) electrons. The van der Waals surface area contributed by atoms with E-state index in [1.165, 1.54) is 0 Å². The normalized spacial score (nSPS) is 14.5. The third kappa shape index (κ3) is 3.99. The zero-order valence-electron chi connectivity index (χ0n) is 19.4. The van der Waals surface area contributed by atoms with Crippen LogP contribution in [0, 0.1) is 0 Å². The maximum atomic E-state index is 10.9. The van der Waals surface area contributed by atoms with Crippen molar-refractivity contribution in [2.24, 2.45) is 0 Å². The number of nitrogens with zero attached hydrogens (tertiary/aromatic N) is 5. The molecule has 9 heteroatoms. The Bertz CT molecular complexity index is 1300. The van der Waals surface area contributed by atoms with Crippen molar-refractivity contribution in [3.05, 3.63) is 48.9 Å². The van der Waals surface area contributed by atoms with Crippen LogP contribution in [0.25, 0.3) is 27.8 Å². The van der Waals surface area contributed by atoms with Crippen molar-refractivity contribution in [2.45, 2.75) is 18.9 Å². The summed E-state index contributed by atoms with van der Waals surface area (Å²) in [6, 6.07) is 9.47. The van der Waals surface area contributed by atoms with Gasteiger partial charge < -0.3 is 24.2 Å². The molecule has 5 rings (SSSR count). The molecule has 1 aliphatic heterocycles. The first-order valence-corrected chi connectivity index (χ1v) is 11.1. The highest BCUT2D eigenvalue weighted by atomic mass is 16.5. The summed E-state index contributed by atoms with van der Waals surface area (Å²) in [7, 11) is 4.88. The Kier molecular flexibility index (Phi) is 5.93. The summed E-state index contributed by atoms with van der Waals surface area (Å²) in [5, 5.41) is 11.5. The van der Waals surface area contributed by atoms with E-state index in [9.17, 15) is 5.11 Å². The Morgan fingerprint density at radius 1 is 0.971 bits per heavy atom. The third-order valence-electron chi connectivity index (χ3n) is 6.28. The van der Waals surface area contributed by atoms with Gasteiger partial charge >= 0.3 is 0 Å². The first kappa shape index (κ1) is 22.0. The van der Waals surface area contributed by atoms with Gasteiger partial charge in [-0.05, 0) is 43.2 Å². The number of hydrogen-bond acceptors (Lipinski definition) is 8. The number of hydrogen-bond donors (Lipinski definition) is 1. The first-order valence-electron chi connectivity index (χ1n) is 11.1. The summed E-state index contributed by atoms with van der Waals surface area (Å²) in [6.45, 7) is 1.84. The molecule has 1 N–H and O–H groups in total. The Morgan fingerprint density at radius 3 is 2.47 bits per heavy atom. The van der Waals surface area contributed by atoms with Gasteiger partial charge in [0.2, 0.25) is 5.88 Å². The molecule has 4 aromatic heterocycles. The minimum Gasteiger partial charge on any atom is -0.494 e. The fraction of sp³-hybridized carbons (Fsp3) is 0.320. The molecule has 0 spiro atoms. The molecule has 1 fully saturated rings. The van der Waals surface area contributed by atoms with Gasteiger partial charge in [0.25, 0.3) is 5.88 Å². The van der Waals surface area contributed by atoms with E-state index in [4.69, 9.17) is 19.2 Å². The molecular weight excluding hydrogens is 434 g/mol. The number of anilines is 1. The van der Waals surface area contributed by atoms with E-state index in [0.29, 0.717) is 34.3 Å². The van der Waals surface area contributed by atoms with Gasteiger partial charge in [-0.25, -0.2) is 15.0 Å². The van der Waals surface area contributed by atoms with Gasteiger partial charge in [0, 0.05) is 38.2 Å². The van der Waals surface area contributed by atoms with E-state index in [1.54, 1.807) is 38.3 Å². The second kappa shape index (κ2) is 9.18. The molecule has 0 aromatic carbocycles. The van der Waals surface area contributed by atoms with Crippen LogP contribution in [0.4, 0.5) is 5.82 Å². The minimum atomic E-state index is 0.120. The highest BCUT2D eigenvalue weighted by Gasteiger charge is 2.20. The van der Waals surface area contributed by atoms with E-state index >= 15 is 0 Å². The van der Waals surface area contributed by atoms with E-state index in [2.05, 4.69) is 14.9 Å².